The summed E-state index contributed by atoms with van der Waals surface area (Å²) in [5, 5.41) is 0. The first-order valence-corrected chi connectivity index (χ1v) is 7.11. The number of hydrogen-bond donors (Lipinski definition) is 2. The normalized spacial score (nSPS) is 15.2. The van der Waals surface area contributed by atoms with E-state index in [2.05, 4.69) is 5.43 Å². The van der Waals surface area contributed by atoms with Crippen molar-refractivity contribution in [1.82, 2.24) is 5.43 Å². The number of hydrogen-bond acceptors (Lipinski definition) is 4. The number of amides is 1. The third-order valence-corrected chi connectivity index (χ3v) is 3.57. The molecule has 0 heterocycles. The SMILES string of the molecule is NNC(=O)c1ccc(OCCOCC2CCCC2)cc1. The van der Waals surface area contributed by atoms with Crippen molar-refractivity contribution in [1.29, 1.82) is 0 Å². The van der Waals surface area contributed by atoms with Gasteiger partial charge in [0.25, 0.3) is 5.91 Å². The Morgan fingerprint density at radius 1 is 1.20 bits per heavy atom. The van der Waals surface area contributed by atoms with E-state index in [0.717, 1.165) is 18.3 Å². The van der Waals surface area contributed by atoms with E-state index < -0.39 is 0 Å². The molecule has 0 saturated heterocycles. The smallest absolute Gasteiger partial charge is 0.265 e. The molecule has 1 saturated carbocycles. The molecule has 1 amide bonds. The van der Waals surface area contributed by atoms with Crippen LogP contribution in [0.25, 0.3) is 0 Å². The quantitative estimate of drug-likeness (QED) is 0.346. The summed E-state index contributed by atoms with van der Waals surface area (Å²) >= 11 is 0. The van der Waals surface area contributed by atoms with Crippen molar-refractivity contribution in [3.63, 3.8) is 0 Å². The Kier molecular flexibility index (Phi) is 5.83. The molecule has 5 heteroatoms. The lowest BCUT2D eigenvalue weighted by molar-refractivity contribution is 0.0754. The monoisotopic (exact) mass is 278 g/mol. The maximum atomic E-state index is 11.3. The minimum atomic E-state index is -0.309. The van der Waals surface area contributed by atoms with Gasteiger partial charge in [-0.15, -0.1) is 0 Å². The lowest BCUT2D eigenvalue weighted by Gasteiger charge is -2.11. The van der Waals surface area contributed by atoms with Crippen molar-refractivity contribution in [3.05, 3.63) is 29.8 Å². The van der Waals surface area contributed by atoms with Crippen LogP contribution in [0.2, 0.25) is 0 Å². The molecule has 110 valence electrons. The molecule has 1 fully saturated rings. The van der Waals surface area contributed by atoms with Crippen LogP contribution in [0.15, 0.2) is 24.3 Å². The minimum absolute atomic E-state index is 0.309. The molecule has 1 aliphatic carbocycles. The van der Waals surface area contributed by atoms with Gasteiger partial charge in [-0.25, -0.2) is 5.84 Å². The van der Waals surface area contributed by atoms with Gasteiger partial charge in [-0.3, -0.25) is 10.2 Å². The van der Waals surface area contributed by atoms with Crippen LogP contribution in [0.4, 0.5) is 0 Å². The second-order valence-corrected chi connectivity index (χ2v) is 5.07. The fourth-order valence-corrected chi connectivity index (χ4v) is 2.43. The van der Waals surface area contributed by atoms with Crippen LogP contribution >= 0.6 is 0 Å². The minimum Gasteiger partial charge on any atom is -0.491 e. The predicted octanol–water partition coefficient (Wildman–Crippen LogP) is 1.88. The molecule has 1 aromatic rings. The Morgan fingerprint density at radius 3 is 2.55 bits per heavy atom. The number of nitrogen functional groups attached to an aromatic ring is 1. The molecule has 0 aromatic heterocycles. The molecule has 0 spiro atoms. The summed E-state index contributed by atoms with van der Waals surface area (Å²) < 4.78 is 11.2. The second-order valence-electron chi connectivity index (χ2n) is 5.07. The summed E-state index contributed by atoms with van der Waals surface area (Å²) in [5.74, 6) is 6.22. The van der Waals surface area contributed by atoms with E-state index in [1.54, 1.807) is 24.3 Å². The van der Waals surface area contributed by atoms with Gasteiger partial charge < -0.3 is 9.47 Å². The van der Waals surface area contributed by atoms with Crippen molar-refractivity contribution < 1.29 is 14.3 Å². The lowest BCUT2D eigenvalue weighted by Crippen LogP contribution is -2.29. The highest BCUT2D eigenvalue weighted by Crippen LogP contribution is 2.24. The van der Waals surface area contributed by atoms with Gasteiger partial charge in [0.05, 0.1) is 6.61 Å². The number of nitrogens with one attached hydrogen (secondary N) is 1. The van der Waals surface area contributed by atoms with E-state index in [4.69, 9.17) is 15.3 Å². The molecule has 0 atom stereocenters. The van der Waals surface area contributed by atoms with E-state index >= 15 is 0 Å². The Balaban J connectivity index is 1.62. The van der Waals surface area contributed by atoms with Crippen LogP contribution in [-0.2, 0) is 4.74 Å². The summed E-state index contributed by atoms with van der Waals surface area (Å²) in [4.78, 5) is 11.3. The summed E-state index contributed by atoms with van der Waals surface area (Å²) in [6, 6.07) is 6.86. The summed E-state index contributed by atoms with van der Waals surface area (Å²) in [6.45, 7) is 1.97. The molecule has 0 radical (unpaired) electrons. The predicted molar refractivity (Wildman–Crippen MR) is 76.4 cm³/mol. The Hall–Kier alpha value is -1.59. The molecule has 0 unspecified atom stereocenters. The molecule has 1 aromatic carbocycles. The molecule has 0 aliphatic heterocycles. The molecule has 20 heavy (non-hydrogen) atoms. The number of carbonyl (C=O) groups is 1. The maximum Gasteiger partial charge on any atom is 0.265 e. The van der Waals surface area contributed by atoms with Gasteiger partial charge in [0.1, 0.15) is 12.4 Å². The van der Waals surface area contributed by atoms with Crippen LogP contribution in [0.1, 0.15) is 36.0 Å². The molecular formula is C15H22N2O3. The maximum absolute atomic E-state index is 11.3. The zero-order chi connectivity index (χ0) is 14.2. The van der Waals surface area contributed by atoms with E-state index in [1.807, 2.05) is 0 Å². The van der Waals surface area contributed by atoms with Crippen molar-refractivity contribution in [2.45, 2.75) is 25.7 Å². The van der Waals surface area contributed by atoms with Crippen LogP contribution in [0.3, 0.4) is 0 Å². The van der Waals surface area contributed by atoms with Crippen LogP contribution in [-0.4, -0.2) is 25.7 Å². The molecule has 3 N–H and O–H groups in total. The molecule has 5 nitrogen and oxygen atoms in total. The standard InChI is InChI=1S/C15H22N2O3/c16-17-15(18)13-5-7-14(8-6-13)20-10-9-19-11-12-3-1-2-4-12/h5-8,12H,1-4,9-11,16H2,(H,17,18). The van der Waals surface area contributed by atoms with Gasteiger partial charge in [0.15, 0.2) is 0 Å². The zero-order valence-corrected chi connectivity index (χ0v) is 11.6. The van der Waals surface area contributed by atoms with Crippen molar-refractivity contribution >= 4 is 5.91 Å². The van der Waals surface area contributed by atoms with Crippen LogP contribution in [0, 0.1) is 5.92 Å². The van der Waals surface area contributed by atoms with E-state index in [9.17, 15) is 4.79 Å². The molecule has 1 aliphatic rings. The first-order valence-electron chi connectivity index (χ1n) is 7.11. The zero-order valence-electron chi connectivity index (χ0n) is 11.6. The Morgan fingerprint density at radius 2 is 1.90 bits per heavy atom. The highest BCUT2D eigenvalue weighted by molar-refractivity contribution is 5.93. The van der Waals surface area contributed by atoms with Gasteiger partial charge in [-0.05, 0) is 43.0 Å². The average molecular weight is 278 g/mol. The summed E-state index contributed by atoms with van der Waals surface area (Å²) in [7, 11) is 0. The highest BCUT2D eigenvalue weighted by atomic mass is 16.5. The Bertz CT molecular complexity index is 414. The van der Waals surface area contributed by atoms with Crippen molar-refractivity contribution in [3.8, 4) is 5.75 Å². The molecule has 2 rings (SSSR count). The van der Waals surface area contributed by atoms with Gasteiger partial charge in [-0.2, -0.15) is 0 Å². The largest absolute Gasteiger partial charge is 0.491 e. The molecule has 0 bridgehead atoms. The number of ether oxygens (including phenoxy) is 2. The van der Waals surface area contributed by atoms with Crippen LogP contribution < -0.4 is 16.0 Å². The van der Waals surface area contributed by atoms with Gasteiger partial charge in [0, 0.05) is 12.2 Å². The fourth-order valence-electron chi connectivity index (χ4n) is 2.43. The number of nitrogens with two attached hydrogens (primary N) is 1. The van der Waals surface area contributed by atoms with Gasteiger partial charge in [-0.1, -0.05) is 12.8 Å². The average Bonchev–Trinajstić information content (AvgIpc) is 3.00. The van der Waals surface area contributed by atoms with Gasteiger partial charge in [0.2, 0.25) is 0 Å². The van der Waals surface area contributed by atoms with Gasteiger partial charge >= 0.3 is 0 Å². The van der Waals surface area contributed by atoms with Crippen molar-refractivity contribution in [2.75, 3.05) is 19.8 Å². The van der Waals surface area contributed by atoms with E-state index in [0.29, 0.717) is 18.8 Å². The second kappa shape index (κ2) is 7.87. The Labute approximate surface area is 119 Å². The fraction of sp³-hybridized carbons (Fsp3) is 0.533. The van der Waals surface area contributed by atoms with E-state index in [1.165, 1.54) is 25.7 Å². The highest BCUT2D eigenvalue weighted by Gasteiger charge is 2.14. The summed E-state index contributed by atoms with van der Waals surface area (Å²) in [6.07, 6.45) is 5.28. The van der Waals surface area contributed by atoms with E-state index in [-0.39, 0.29) is 5.91 Å². The first-order chi connectivity index (χ1) is 9.79. The topological polar surface area (TPSA) is 73.6 Å². The summed E-state index contributed by atoms with van der Waals surface area (Å²) in [5.41, 5.74) is 2.60. The first kappa shape index (κ1) is 14.8. The third kappa shape index (κ3) is 4.51. The number of carbonyl (C=O) groups excluding carboxylic acids is 1. The number of hydrazine groups is 1. The third-order valence-electron chi connectivity index (χ3n) is 3.57. The van der Waals surface area contributed by atoms with Crippen LogP contribution in [0.5, 0.6) is 5.75 Å². The molecular weight excluding hydrogens is 256 g/mol. The van der Waals surface area contributed by atoms with Crippen molar-refractivity contribution in [2.24, 2.45) is 11.8 Å². The number of benzene rings is 1. The number of rotatable bonds is 7. The lowest BCUT2D eigenvalue weighted by atomic mass is 10.1.